The number of rotatable bonds is 4. The molecule has 63 heavy (non-hydrogen) atoms. The van der Waals surface area contributed by atoms with Crippen molar-refractivity contribution in [2.75, 3.05) is 0 Å². The number of hydrogen-bond donors (Lipinski definition) is 0. The van der Waals surface area contributed by atoms with Crippen LogP contribution in [0.2, 0.25) is 0 Å². The summed E-state index contributed by atoms with van der Waals surface area (Å²) in [5.74, 6) is 1.95. The third-order valence-corrected chi connectivity index (χ3v) is 14.6. The van der Waals surface area contributed by atoms with Crippen molar-refractivity contribution in [2.45, 2.75) is 5.41 Å². The molecule has 3 heterocycles. The quantitative estimate of drug-likeness (QED) is 0.178. The standard InChI is InChI=1S/C58H34N4S/c1-2-14-35(15-3-1)55-59-56(61-57(60-55)37-28-31-42-41-18-8-13-25-51(41)63-52(42)34-37)36-26-29-38(30-27-36)62-49-24-12-7-20-44(49)54-50(62)33-32-48-53(54)43-19-6-11-23-47(43)58(48)45-21-9-4-16-39(45)40-17-5-10-22-46(40)58/h1-34H. The summed E-state index contributed by atoms with van der Waals surface area (Å²) in [6, 6.07) is 74.9. The summed E-state index contributed by atoms with van der Waals surface area (Å²) in [5, 5.41) is 5.05. The fraction of sp³-hybridized carbons (Fsp3) is 0.0172. The lowest BCUT2D eigenvalue weighted by Crippen LogP contribution is -2.25. The summed E-state index contributed by atoms with van der Waals surface area (Å²) in [6.45, 7) is 0. The predicted molar refractivity (Wildman–Crippen MR) is 260 cm³/mol. The minimum absolute atomic E-state index is 0.399. The zero-order valence-corrected chi connectivity index (χ0v) is 34.6. The van der Waals surface area contributed by atoms with Crippen LogP contribution in [0.25, 0.3) is 104 Å². The molecule has 9 aromatic carbocycles. The van der Waals surface area contributed by atoms with Crippen molar-refractivity contribution in [2.24, 2.45) is 0 Å². The van der Waals surface area contributed by atoms with E-state index in [0.29, 0.717) is 17.5 Å². The Morgan fingerprint density at radius 1 is 0.365 bits per heavy atom. The van der Waals surface area contributed by atoms with Crippen LogP contribution in [0.3, 0.4) is 0 Å². The van der Waals surface area contributed by atoms with Crippen molar-refractivity contribution in [1.82, 2.24) is 19.5 Å². The number of fused-ring (bicyclic) bond motifs is 17. The van der Waals surface area contributed by atoms with Gasteiger partial charge in [0.15, 0.2) is 17.5 Å². The van der Waals surface area contributed by atoms with E-state index < -0.39 is 5.41 Å². The maximum atomic E-state index is 5.16. The first kappa shape index (κ1) is 34.7. The van der Waals surface area contributed by atoms with E-state index in [0.717, 1.165) is 22.4 Å². The second-order valence-electron chi connectivity index (χ2n) is 16.6. The highest BCUT2D eigenvalue weighted by Crippen LogP contribution is 2.64. The van der Waals surface area contributed by atoms with Crippen molar-refractivity contribution < 1.29 is 0 Å². The Balaban J connectivity index is 0.940. The minimum Gasteiger partial charge on any atom is -0.309 e. The van der Waals surface area contributed by atoms with Crippen molar-refractivity contribution in [3.05, 3.63) is 229 Å². The van der Waals surface area contributed by atoms with Gasteiger partial charge >= 0.3 is 0 Å². The largest absolute Gasteiger partial charge is 0.309 e. The molecule has 14 rings (SSSR count). The zero-order valence-electron chi connectivity index (χ0n) is 33.8. The summed E-state index contributed by atoms with van der Waals surface area (Å²) >= 11 is 1.80. The lowest BCUT2D eigenvalue weighted by molar-refractivity contribution is 0.794. The number of hydrogen-bond acceptors (Lipinski definition) is 4. The van der Waals surface area contributed by atoms with Gasteiger partial charge in [0.1, 0.15) is 0 Å². The lowest BCUT2D eigenvalue weighted by Gasteiger charge is -2.30. The highest BCUT2D eigenvalue weighted by Gasteiger charge is 2.52. The van der Waals surface area contributed by atoms with E-state index in [9.17, 15) is 0 Å². The Morgan fingerprint density at radius 2 is 0.905 bits per heavy atom. The molecule has 0 atom stereocenters. The van der Waals surface area contributed by atoms with E-state index in [2.05, 4.69) is 193 Å². The van der Waals surface area contributed by atoms with Gasteiger partial charge in [0.05, 0.1) is 16.4 Å². The van der Waals surface area contributed by atoms with Crippen molar-refractivity contribution in [3.8, 4) is 62.1 Å². The van der Waals surface area contributed by atoms with Crippen LogP contribution in [0.15, 0.2) is 206 Å². The van der Waals surface area contributed by atoms with Crippen LogP contribution in [0, 0.1) is 0 Å². The first-order chi connectivity index (χ1) is 31.2. The lowest BCUT2D eigenvalue weighted by atomic mass is 9.70. The van der Waals surface area contributed by atoms with Crippen LogP contribution in [0.5, 0.6) is 0 Å². The Morgan fingerprint density at radius 3 is 1.63 bits per heavy atom. The summed E-state index contributed by atoms with van der Waals surface area (Å²) in [7, 11) is 0. The van der Waals surface area contributed by atoms with Gasteiger partial charge in [-0.2, -0.15) is 0 Å². The highest BCUT2D eigenvalue weighted by molar-refractivity contribution is 7.25. The van der Waals surface area contributed by atoms with E-state index in [1.54, 1.807) is 11.3 Å². The SMILES string of the molecule is c1ccc(-c2nc(-c3ccc(-n4c5ccccc5c5c6c(ccc54)C4(c5ccccc5-c5ccccc54)c4ccccc4-6)cc3)nc(-c3ccc4c(c3)sc3ccccc34)n2)cc1. The Hall–Kier alpha value is -7.99. The first-order valence-electron chi connectivity index (χ1n) is 21.4. The molecular weight excluding hydrogens is 785 g/mol. The molecule has 4 nitrogen and oxygen atoms in total. The molecule has 5 heteroatoms. The van der Waals surface area contributed by atoms with Gasteiger partial charge in [0.2, 0.25) is 0 Å². The third kappa shape index (κ3) is 4.77. The van der Waals surface area contributed by atoms with Gasteiger partial charge in [0, 0.05) is 53.3 Å². The summed E-state index contributed by atoms with van der Waals surface area (Å²) in [4.78, 5) is 15.3. The maximum absolute atomic E-state index is 5.16. The predicted octanol–water partition coefficient (Wildman–Crippen LogP) is 14.7. The molecule has 0 aliphatic heterocycles. The van der Waals surface area contributed by atoms with E-state index in [4.69, 9.17) is 15.0 Å². The number of nitrogens with zero attached hydrogens (tertiary/aromatic N) is 4. The topological polar surface area (TPSA) is 43.6 Å². The summed E-state index contributed by atoms with van der Waals surface area (Å²) in [5.41, 5.74) is 16.5. The van der Waals surface area contributed by atoms with E-state index in [1.165, 1.54) is 86.5 Å². The summed E-state index contributed by atoms with van der Waals surface area (Å²) in [6.07, 6.45) is 0. The van der Waals surface area contributed by atoms with Crippen LogP contribution in [0.1, 0.15) is 22.3 Å². The normalized spacial score (nSPS) is 13.2. The van der Waals surface area contributed by atoms with Crippen molar-refractivity contribution in [1.29, 1.82) is 0 Å². The molecule has 0 unspecified atom stereocenters. The Bertz CT molecular complexity index is 3810. The molecule has 0 N–H and O–H groups in total. The molecule has 3 aromatic heterocycles. The van der Waals surface area contributed by atoms with Gasteiger partial charge in [0.25, 0.3) is 0 Å². The van der Waals surface area contributed by atoms with E-state index in [1.807, 2.05) is 18.2 Å². The molecule has 1 spiro atoms. The molecule has 0 amide bonds. The van der Waals surface area contributed by atoms with Crippen LogP contribution in [-0.2, 0) is 5.41 Å². The average Bonchev–Trinajstić information content (AvgIpc) is 4.08. The monoisotopic (exact) mass is 818 g/mol. The number of aromatic nitrogens is 4. The van der Waals surface area contributed by atoms with Gasteiger partial charge in [-0.15, -0.1) is 11.3 Å². The molecule has 0 saturated heterocycles. The maximum Gasteiger partial charge on any atom is 0.164 e. The van der Waals surface area contributed by atoms with Crippen molar-refractivity contribution >= 4 is 53.3 Å². The first-order valence-corrected chi connectivity index (χ1v) is 22.3. The zero-order chi connectivity index (χ0) is 41.2. The van der Waals surface area contributed by atoms with Gasteiger partial charge in [-0.05, 0) is 93.0 Å². The number of benzene rings is 9. The number of thiophene rings is 1. The molecule has 0 saturated carbocycles. The molecule has 0 radical (unpaired) electrons. The van der Waals surface area contributed by atoms with Crippen LogP contribution >= 0.6 is 11.3 Å². The molecule has 292 valence electrons. The van der Waals surface area contributed by atoms with Crippen LogP contribution in [-0.4, -0.2) is 19.5 Å². The Labute approximate surface area is 367 Å². The van der Waals surface area contributed by atoms with Gasteiger partial charge in [-0.1, -0.05) is 158 Å². The van der Waals surface area contributed by atoms with Gasteiger partial charge < -0.3 is 4.57 Å². The minimum atomic E-state index is -0.399. The molecule has 0 bridgehead atoms. The molecule has 2 aliphatic carbocycles. The van der Waals surface area contributed by atoms with Gasteiger partial charge in [-0.3, -0.25) is 0 Å². The Kier molecular flexibility index (Phi) is 7.16. The average molecular weight is 819 g/mol. The van der Waals surface area contributed by atoms with Crippen LogP contribution in [0.4, 0.5) is 0 Å². The fourth-order valence-electron chi connectivity index (χ4n) is 10.9. The fourth-order valence-corrected chi connectivity index (χ4v) is 12.0. The van der Waals surface area contributed by atoms with Gasteiger partial charge in [-0.25, -0.2) is 15.0 Å². The van der Waals surface area contributed by atoms with E-state index in [-0.39, 0.29) is 0 Å². The third-order valence-electron chi connectivity index (χ3n) is 13.5. The second-order valence-corrected chi connectivity index (χ2v) is 17.7. The van der Waals surface area contributed by atoms with Crippen LogP contribution < -0.4 is 0 Å². The molecule has 0 fully saturated rings. The highest BCUT2D eigenvalue weighted by atomic mass is 32.1. The summed E-state index contributed by atoms with van der Waals surface area (Å²) < 4.78 is 4.92. The number of para-hydroxylation sites is 1. The molecule has 12 aromatic rings. The second kappa shape index (κ2) is 13.0. The molecule has 2 aliphatic rings. The van der Waals surface area contributed by atoms with Crippen molar-refractivity contribution in [3.63, 3.8) is 0 Å². The smallest absolute Gasteiger partial charge is 0.164 e. The molecular formula is C58H34N4S. The van der Waals surface area contributed by atoms with E-state index >= 15 is 0 Å².